The summed E-state index contributed by atoms with van der Waals surface area (Å²) in [5.41, 5.74) is 0.167. The van der Waals surface area contributed by atoms with Gasteiger partial charge in [-0.1, -0.05) is 30.3 Å². The van der Waals surface area contributed by atoms with Gasteiger partial charge in [0.05, 0.1) is 12.1 Å². The van der Waals surface area contributed by atoms with Gasteiger partial charge in [0.1, 0.15) is 5.69 Å². The summed E-state index contributed by atoms with van der Waals surface area (Å²) in [6, 6.07) is 12.5. The number of benzene rings is 1. The minimum absolute atomic E-state index is 0.198. The van der Waals surface area contributed by atoms with E-state index in [9.17, 15) is 14.7 Å². The fourth-order valence-corrected chi connectivity index (χ4v) is 2.71. The first-order chi connectivity index (χ1) is 11.6. The first kappa shape index (κ1) is 16.3. The van der Waals surface area contributed by atoms with E-state index in [2.05, 4.69) is 10.6 Å². The van der Waals surface area contributed by atoms with Crippen LogP contribution in [0.25, 0.3) is 0 Å². The number of carbonyl (C=O) groups excluding carboxylic acids is 1. The van der Waals surface area contributed by atoms with Crippen LogP contribution in [-0.2, 0) is 6.54 Å². The molecule has 2 amide bonds. The minimum Gasteiger partial charge on any atom is -0.388 e. The molecule has 0 atom stereocenters. The third-order valence-corrected chi connectivity index (χ3v) is 4.33. The molecule has 0 aliphatic heterocycles. The molecule has 1 aliphatic carbocycles. The van der Waals surface area contributed by atoms with Crippen molar-refractivity contribution in [3.05, 3.63) is 64.6 Å². The Labute approximate surface area is 140 Å². The van der Waals surface area contributed by atoms with Gasteiger partial charge in [-0.05, 0) is 37.0 Å². The molecule has 0 radical (unpaired) electrons. The second-order valence-electron chi connectivity index (χ2n) is 6.23. The highest BCUT2D eigenvalue weighted by Gasteiger charge is 2.34. The van der Waals surface area contributed by atoms with Crippen molar-refractivity contribution in [1.82, 2.24) is 9.88 Å². The van der Waals surface area contributed by atoms with Gasteiger partial charge in [0.25, 0.3) is 5.56 Å². The van der Waals surface area contributed by atoms with Gasteiger partial charge in [-0.25, -0.2) is 4.79 Å². The van der Waals surface area contributed by atoms with E-state index in [4.69, 9.17) is 0 Å². The molecule has 0 unspecified atom stereocenters. The van der Waals surface area contributed by atoms with Crippen LogP contribution in [0.4, 0.5) is 10.5 Å². The van der Waals surface area contributed by atoms with Crippen LogP contribution in [0.1, 0.15) is 24.8 Å². The third kappa shape index (κ3) is 3.83. The van der Waals surface area contributed by atoms with Crippen LogP contribution in [-0.4, -0.2) is 27.9 Å². The van der Waals surface area contributed by atoms with Gasteiger partial charge in [-0.15, -0.1) is 0 Å². The molecular weight excluding hydrogens is 306 g/mol. The predicted molar refractivity (Wildman–Crippen MR) is 92.1 cm³/mol. The van der Waals surface area contributed by atoms with E-state index in [1.165, 1.54) is 0 Å². The Bertz CT molecular complexity index is 767. The van der Waals surface area contributed by atoms with Crippen molar-refractivity contribution in [3.63, 3.8) is 0 Å². The van der Waals surface area contributed by atoms with Crippen LogP contribution in [0.2, 0.25) is 0 Å². The molecule has 1 aliphatic rings. The Morgan fingerprint density at radius 2 is 1.92 bits per heavy atom. The predicted octanol–water partition coefficient (Wildman–Crippen LogP) is 1.93. The number of urea groups is 1. The normalized spacial score (nSPS) is 15.4. The van der Waals surface area contributed by atoms with Gasteiger partial charge in [0.2, 0.25) is 0 Å². The number of nitrogens with one attached hydrogen (secondary N) is 2. The summed E-state index contributed by atoms with van der Waals surface area (Å²) in [4.78, 5) is 24.4. The average Bonchev–Trinajstić information content (AvgIpc) is 2.56. The maximum atomic E-state index is 12.4. The van der Waals surface area contributed by atoms with Crippen LogP contribution in [0, 0.1) is 0 Å². The van der Waals surface area contributed by atoms with Crippen molar-refractivity contribution >= 4 is 11.7 Å². The summed E-state index contributed by atoms with van der Waals surface area (Å²) in [6.07, 6.45) is 4.06. The maximum Gasteiger partial charge on any atom is 0.319 e. The molecule has 3 N–H and O–H groups in total. The lowest BCUT2D eigenvalue weighted by Gasteiger charge is -2.36. The highest BCUT2D eigenvalue weighted by Crippen LogP contribution is 2.30. The highest BCUT2D eigenvalue weighted by atomic mass is 16.3. The number of amides is 2. The Hall–Kier alpha value is -2.60. The number of anilines is 1. The lowest BCUT2D eigenvalue weighted by atomic mass is 9.80. The minimum atomic E-state index is -0.790. The summed E-state index contributed by atoms with van der Waals surface area (Å²) in [5.74, 6) is 0. The lowest BCUT2D eigenvalue weighted by Crippen LogP contribution is -2.49. The molecule has 126 valence electrons. The van der Waals surface area contributed by atoms with Gasteiger partial charge >= 0.3 is 6.03 Å². The zero-order valence-electron chi connectivity index (χ0n) is 13.4. The Balaban J connectivity index is 1.64. The van der Waals surface area contributed by atoms with Crippen LogP contribution >= 0.6 is 0 Å². The molecule has 3 rings (SSSR count). The monoisotopic (exact) mass is 327 g/mol. The molecule has 2 aromatic rings. The summed E-state index contributed by atoms with van der Waals surface area (Å²) in [6.45, 7) is 0.639. The topological polar surface area (TPSA) is 83.4 Å². The second kappa shape index (κ2) is 6.88. The number of rotatable bonds is 5. The average molecular weight is 327 g/mol. The fourth-order valence-electron chi connectivity index (χ4n) is 2.71. The molecule has 1 saturated carbocycles. The lowest BCUT2D eigenvalue weighted by molar-refractivity contribution is -0.0287. The maximum absolute atomic E-state index is 12.4. The Morgan fingerprint density at radius 3 is 2.58 bits per heavy atom. The van der Waals surface area contributed by atoms with E-state index >= 15 is 0 Å². The molecule has 24 heavy (non-hydrogen) atoms. The van der Waals surface area contributed by atoms with Crippen LogP contribution in [0.5, 0.6) is 0 Å². The zero-order chi connectivity index (χ0) is 17.0. The number of pyridine rings is 1. The standard InChI is InChI=1S/C18H21N3O3/c22-16-15(20-17(23)19-13-18(24)9-5-10-18)8-4-11-21(16)12-14-6-2-1-3-7-14/h1-4,6-8,11,24H,5,9-10,12-13H2,(H2,19,20,23). The summed E-state index contributed by atoms with van der Waals surface area (Å²) in [5, 5.41) is 15.2. The van der Waals surface area contributed by atoms with Crippen molar-refractivity contribution in [2.24, 2.45) is 0 Å². The molecule has 0 spiro atoms. The summed E-state index contributed by atoms with van der Waals surface area (Å²) >= 11 is 0. The molecule has 0 bridgehead atoms. The van der Waals surface area contributed by atoms with E-state index in [0.29, 0.717) is 19.4 Å². The first-order valence-corrected chi connectivity index (χ1v) is 8.06. The second-order valence-corrected chi connectivity index (χ2v) is 6.23. The number of aromatic nitrogens is 1. The van der Waals surface area contributed by atoms with Crippen molar-refractivity contribution in [2.75, 3.05) is 11.9 Å². The van der Waals surface area contributed by atoms with Gasteiger partial charge in [-0.3, -0.25) is 4.79 Å². The van der Waals surface area contributed by atoms with Crippen molar-refractivity contribution in [3.8, 4) is 0 Å². The van der Waals surface area contributed by atoms with Crippen molar-refractivity contribution < 1.29 is 9.90 Å². The summed E-state index contributed by atoms with van der Waals surface area (Å²) < 4.78 is 1.55. The molecule has 1 fully saturated rings. The molecule has 6 heteroatoms. The SMILES string of the molecule is O=C(NCC1(O)CCC1)Nc1cccn(Cc2ccccc2)c1=O. The Morgan fingerprint density at radius 1 is 1.17 bits per heavy atom. The van der Waals surface area contributed by atoms with Gasteiger partial charge in [-0.2, -0.15) is 0 Å². The highest BCUT2D eigenvalue weighted by molar-refractivity contribution is 5.89. The molecule has 1 aromatic heterocycles. The van der Waals surface area contributed by atoms with Gasteiger partial charge in [0, 0.05) is 12.7 Å². The first-order valence-electron chi connectivity index (χ1n) is 8.06. The van der Waals surface area contributed by atoms with Gasteiger partial charge < -0.3 is 20.3 Å². The van der Waals surface area contributed by atoms with E-state index in [-0.39, 0.29) is 17.8 Å². The van der Waals surface area contributed by atoms with Gasteiger partial charge in [0.15, 0.2) is 0 Å². The number of aliphatic hydroxyl groups is 1. The molecule has 1 aromatic carbocycles. The molecule has 1 heterocycles. The van der Waals surface area contributed by atoms with E-state index < -0.39 is 11.6 Å². The third-order valence-electron chi connectivity index (χ3n) is 4.33. The van der Waals surface area contributed by atoms with E-state index in [1.54, 1.807) is 22.9 Å². The summed E-state index contributed by atoms with van der Waals surface area (Å²) in [7, 11) is 0. The number of hydrogen-bond donors (Lipinski definition) is 3. The zero-order valence-corrected chi connectivity index (χ0v) is 13.4. The number of hydrogen-bond acceptors (Lipinski definition) is 3. The fraction of sp³-hybridized carbons (Fsp3) is 0.333. The van der Waals surface area contributed by atoms with Crippen LogP contribution in [0.3, 0.4) is 0 Å². The quantitative estimate of drug-likeness (QED) is 0.785. The van der Waals surface area contributed by atoms with E-state index in [1.807, 2.05) is 30.3 Å². The molecule has 0 saturated heterocycles. The smallest absolute Gasteiger partial charge is 0.319 e. The largest absolute Gasteiger partial charge is 0.388 e. The van der Waals surface area contributed by atoms with Crippen LogP contribution in [0.15, 0.2) is 53.5 Å². The Kier molecular flexibility index (Phi) is 4.66. The molecular formula is C18H21N3O3. The van der Waals surface area contributed by atoms with Crippen LogP contribution < -0.4 is 16.2 Å². The number of nitrogens with zero attached hydrogens (tertiary/aromatic N) is 1. The van der Waals surface area contributed by atoms with Crippen molar-refractivity contribution in [2.45, 2.75) is 31.4 Å². The molecule has 6 nitrogen and oxygen atoms in total. The van der Waals surface area contributed by atoms with E-state index in [0.717, 1.165) is 12.0 Å². The number of carbonyl (C=O) groups is 1. The van der Waals surface area contributed by atoms with Crippen molar-refractivity contribution in [1.29, 1.82) is 0 Å².